The maximum absolute atomic E-state index is 12.0. The average molecular weight is 337 g/mol. The lowest BCUT2D eigenvalue weighted by atomic mass is 9.96. The first kappa shape index (κ1) is 16.6. The normalized spacial score (nSPS) is 19.5. The first-order valence-electron chi connectivity index (χ1n) is 8.62. The molecule has 1 amide bonds. The summed E-state index contributed by atoms with van der Waals surface area (Å²) in [5.41, 5.74) is 0. The van der Waals surface area contributed by atoms with Crippen LogP contribution in [0.25, 0.3) is 0 Å². The number of hydrogen-bond donors (Lipinski definition) is 1. The zero-order chi connectivity index (χ0) is 16.1. The van der Waals surface area contributed by atoms with Crippen LogP contribution >= 0.6 is 11.6 Å². The second-order valence-corrected chi connectivity index (χ2v) is 6.99. The standard InChI is InChI=1S/C18H25ClN2O2/c19-15-3-1-4-17(13-15)23-12-2-9-21-10-7-14(8-11-21)18(22)20-16-5-6-16/h1,3-4,13-14,16H,2,5-12H2,(H,20,22). The van der Waals surface area contributed by atoms with Crippen molar-refractivity contribution in [3.05, 3.63) is 29.3 Å². The molecule has 1 saturated heterocycles. The van der Waals surface area contributed by atoms with Gasteiger partial charge in [0.25, 0.3) is 0 Å². The number of piperidine rings is 1. The number of nitrogens with zero attached hydrogens (tertiary/aromatic N) is 1. The van der Waals surface area contributed by atoms with Gasteiger partial charge in [-0.1, -0.05) is 17.7 Å². The number of carbonyl (C=O) groups is 1. The van der Waals surface area contributed by atoms with Crippen LogP contribution in [-0.2, 0) is 4.79 Å². The maximum Gasteiger partial charge on any atom is 0.223 e. The molecule has 2 aliphatic rings. The van der Waals surface area contributed by atoms with Gasteiger partial charge in [-0.2, -0.15) is 0 Å². The van der Waals surface area contributed by atoms with Crippen LogP contribution in [0.4, 0.5) is 0 Å². The van der Waals surface area contributed by atoms with Gasteiger partial charge < -0.3 is 15.0 Å². The zero-order valence-corrected chi connectivity index (χ0v) is 14.2. The van der Waals surface area contributed by atoms with Gasteiger partial charge in [0.15, 0.2) is 0 Å². The summed E-state index contributed by atoms with van der Waals surface area (Å²) in [4.78, 5) is 14.5. The molecule has 23 heavy (non-hydrogen) atoms. The summed E-state index contributed by atoms with van der Waals surface area (Å²) in [7, 11) is 0. The minimum absolute atomic E-state index is 0.217. The molecule has 1 N–H and O–H groups in total. The van der Waals surface area contributed by atoms with Crippen molar-refractivity contribution < 1.29 is 9.53 Å². The lowest BCUT2D eigenvalue weighted by Gasteiger charge is -2.31. The Morgan fingerprint density at radius 2 is 2.04 bits per heavy atom. The Hall–Kier alpha value is -1.26. The highest BCUT2D eigenvalue weighted by molar-refractivity contribution is 6.30. The molecule has 5 heteroatoms. The molecule has 0 aromatic heterocycles. The van der Waals surface area contributed by atoms with E-state index < -0.39 is 0 Å². The van der Waals surface area contributed by atoms with Gasteiger partial charge in [0.05, 0.1) is 6.61 Å². The highest BCUT2D eigenvalue weighted by atomic mass is 35.5. The van der Waals surface area contributed by atoms with E-state index in [0.717, 1.165) is 57.5 Å². The Morgan fingerprint density at radius 3 is 2.74 bits per heavy atom. The van der Waals surface area contributed by atoms with Crippen molar-refractivity contribution in [2.24, 2.45) is 5.92 Å². The SMILES string of the molecule is O=C(NC1CC1)C1CCN(CCCOc2cccc(Cl)c2)CC1. The van der Waals surface area contributed by atoms with Gasteiger partial charge in [-0.3, -0.25) is 4.79 Å². The van der Waals surface area contributed by atoms with Crippen LogP contribution < -0.4 is 10.1 Å². The molecule has 0 bridgehead atoms. The summed E-state index contributed by atoms with van der Waals surface area (Å²) in [5.74, 6) is 1.32. The van der Waals surface area contributed by atoms with Crippen molar-refractivity contribution >= 4 is 17.5 Å². The molecule has 3 rings (SSSR count). The summed E-state index contributed by atoms with van der Waals surface area (Å²) in [6, 6.07) is 7.98. The minimum atomic E-state index is 0.217. The van der Waals surface area contributed by atoms with Crippen molar-refractivity contribution in [3.63, 3.8) is 0 Å². The van der Waals surface area contributed by atoms with E-state index in [4.69, 9.17) is 16.3 Å². The van der Waals surface area contributed by atoms with Crippen LogP contribution in [0, 0.1) is 5.92 Å². The number of ether oxygens (including phenoxy) is 1. The smallest absolute Gasteiger partial charge is 0.223 e. The summed E-state index contributed by atoms with van der Waals surface area (Å²) < 4.78 is 5.71. The number of likely N-dealkylation sites (tertiary alicyclic amines) is 1. The molecule has 1 heterocycles. The fourth-order valence-electron chi connectivity index (χ4n) is 3.00. The summed E-state index contributed by atoms with van der Waals surface area (Å²) in [5, 5.41) is 3.83. The van der Waals surface area contributed by atoms with Crippen LogP contribution in [0.2, 0.25) is 5.02 Å². The van der Waals surface area contributed by atoms with E-state index in [1.165, 1.54) is 0 Å². The van der Waals surface area contributed by atoms with Crippen molar-refractivity contribution in [1.29, 1.82) is 0 Å². The topological polar surface area (TPSA) is 41.6 Å². The average Bonchev–Trinajstić information content (AvgIpc) is 3.36. The molecular formula is C18H25ClN2O2. The van der Waals surface area contributed by atoms with E-state index in [9.17, 15) is 4.79 Å². The summed E-state index contributed by atoms with van der Waals surface area (Å²) in [6.45, 7) is 3.75. The molecule has 1 aliphatic heterocycles. The predicted molar refractivity (Wildman–Crippen MR) is 91.9 cm³/mol. The Labute approximate surface area is 143 Å². The third-order valence-corrected chi connectivity index (χ3v) is 4.80. The molecule has 0 atom stereocenters. The number of amides is 1. The highest BCUT2D eigenvalue weighted by Crippen LogP contribution is 2.23. The molecule has 1 aromatic carbocycles. The fraction of sp³-hybridized carbons (Fsp3) is 0.611. The van der Waals surface area contributed by atoms with E-state index in [-0.39, 0.29) is 11.8 Å². The molecule has 1 aromatic rings. The number of halogens is 1. The second-order valence-electron chi connectivity index (χ2n) is 6.56. The number of rotatable bonds is 7. The second kappa shape index (κ2) is 8.02. The Balaban J connectivity index is 1.29. The number of carbonyl (C=O) groups excluding carboxylic acids is 1. The monoisotopic (exact) mass is 336 g/mol. The van der Waals surface area contributed by atoms with E-state index in [1.807, 2.05) is 24.3 Å². The largest absolute Gasteiger partial charge is 0.493 e. The van der Waals surface area contributed by atoms with Crippen molar-refractivity contribution in [1.82, 2.24) is 10.2 Å². The maximum atomic E-state index is 12.0. The lowest BCUT2D eigenvalue weighted by Crippen LogP contribution is -2.41. The van der Waals surface area contributed by atoms with Crippen molar-refractivity contribution in [2.75, 3.05) is 26.2 Å². The molecule has 0 unspecified atom stereocenters. The molecule has 0 spiro atoms. The van der Waals surface area contributed by atoms with Crippen LogP contribution in [-0.4, -0.2) is 43.1 Å². The number of hydrogen-bond acceptors (Lipinski definition) is 3. The summed E-state index contributed by atoms with van der Waals surface area (Å²) in [6.07, 6.45) is 5.28. The Morgan fingerprint density at radius 1 is 1.26 bits per heavy atom. The first-order valence-corrected chi connectivity index (χ1v) is 8.99. The molecule has 1 aliphatic carbocycles. The molecule has 4 nitrogen and oxygen atoms in total. The third kappa shape index (κ3) is 5.40. The van der Waals surface area contributed by atoms with Crippen molar-refractivity contribution in [2.45, 2.75) is 38.1 Å². The quantitative estimate of drug-likeness (QED) is 0.778. The zero-order valence-electron chi connectivity index (χ0n) is 13.5. The van der Waals surface area contributed by atoms with E-state index in [2.05, 4.69) is 10.2 Å². The third-order valence-electron chi connectivity index (χ3n) is 4.57. The van der Waals surface area contributed by atoms with Crippen molar-refractivity contribution in [3.8, 4) is 5.75 Å². The molecule has 2 fully saturated rings. The van der Waals surface area contributed by atoms with Gasteiger partial charge in [0, 0.05) is 23.5 Å². The Bertz CT molecular complexity index is 526. The highest BCUT2D eigenvalue weighted by Gasteiger charge is 2.29. The first-order chi connectivity index (χ1) is 11.2. The minimum Gasteiger partial charge on any atom is -0.493 e. The van der Waals surface area contributed by atoms with Crippen LogP contribution in [0.3, 0.4) is 0 Å². The number of benzene rings is 1. The molecule has 1 saturated carbocycles. The van der Waals surface area contributed by atoms with E-state index in [1.54, 1.807) is 0 Å². The summed E-state index contributed by atoms with van der Waals surface area (Å²) >= 11 is 5.93. The van der Waals surface area contributed by atoms with Gasteiger partial charge in [0.2, 0.25) is 5.91 Å². The molecule has 0 radical (unpaired) electrons. The van der Waals surface area contributed by atoms with Gasteiger partial charge in [-0.15, -0.1) is 0 Å². The van der Waals surface area contributed by atoms with E-state index in [0.29, 0.717) is 17.7 Å². The number of nitrogens with one attached hydrogen (secondary N) is 1. The predicted octanol–water partition coefficient (Wildman–Crippen LogP) is 3.10. The van der Waals surface area contributed by atoms with Gasteiger partial charge >= 0.3 is 0 Å². The van der Waals surface area contributed by atoms with Gasteiger partial charge in [-0.05, 0) is 63.4 Å². The van der Waals surface area contributed by atoms with Crippen LogP contribution in [0.15, 0.2) is 24.3 Å². The Kier molecular flexibility index (Phi) is 5.79. The molecular weight excluding hydrogens is 312 g/mol. The molecule has 126 valence electrons. The van der Waals surface area contributed by atoms with Gasteiger partial charge in [-0.25, -0.2) is 0 Å². The fourth-order valence-corrected chi connectivity index (χ4v) is 3.18. The lowest BCUT2D eigenvalue weighted by molar-refractivity contribution is -0.126. The van der Waals surface area contributed by atoms with Gasteiger partial charge in [0.1, 0.15) is 5.75 Å². The van der Waals surface area contributed by atoms with Crippen LogP contribution in [0.1, 0.15) is 32.1 Å². The van der Waals surface area contributed by atoms with Crippen LogP contribution in [0.5, 0.6) is 5.75 Å². The van der Waals surface area contributed by atoms with E-state index >= 15 is 0 Å².